The van der Waals surface area contributed by atoms with E-state index in [1.807, 2.05) is 0 Å². The highest BCUT2D eigenvalue weighted by atomic mass is 19.3. The second-order valence-electron chi connectivity index (χ2n) is 3.93. The number of hydrogen-bond acceptors (Lipinski definition) is 1. The largest absolute Gasteiger partial charge is 0.481 e. The van der Waals surface area contributed by atoms with E-state index in [0.717, 1.165) is 0 Å². The third-order valence-corrected chi connectivity index (χ3v) is 2.55. The molecule has 0 spiro atoms. The Morgan fingerprint density at radius 2 is 1.60 bits per heavy atom. The van der Waals surface area contributed by atoms with Crippen LogP contribution in [0.25, 0.3) is 11.1 Å². The van der Waals surface area contributed by atoms with Crippen LogP contribution >= 0.6 is 0 Å². The highest BCUT2D eigenvalue weighted by Crippen LogP contribution is 2.32. The predicted octanol–water partition coefficient (Wildman–Crippen LogP) is 4.41. The first-order valence-corrected chi connectivity index (χ1v) is 5.64. The van der Waals surface area contributed by atoms with Crippen LogP contribution in [-0.4, -0.2) is 13.0 Å². The van der Waals surface area contributed by atoms with Crippen molar-refractivity contribution in [1.29, 1.82) is 0 Å². The molecule has 0 fully saturated rings. The summed E-state index contributed by atoms with van der Waals surface area (Å²) in [6.45, 7) is -1.21. The van der Waals surface area contributed by atoms with Crippen molar-refractivity contribution in [2.24, 2.45) is 0 Å². The lowest BCUT2D eigenvalue weighted by molar-refractivity contribution is 0.0772. The third kappa shape index (κ3) is 2.89. The predicted molar refractivity (Wildman–Crippen MR) is 63.3 cm³/mol. The Morgan fingerprint density at radius 1 is 0.950 bits per heavy atom. The molecular formula is C14H9F5O. The van der Waals surface area contributed by atoms with E-state index < -0.39 is 36.2 Å². The van der Waals surface area contributed by atoms with Crippen LogP contribution in [-0.2, 0) is 0 Å². The highest BCUT2D eigenvalue weighted by Gasteiger charge is 2.21. The van der Waals surface area contributed by atoms with Gasteiger partial charge in [0.2, 0.25) is 5.82 Å². The van der Waals surface area contributed by atoms with Crippen molar-refractivity contribution in [3.63, 3.8) is 0 Å². The molecular weight excluding hydrogens is 279 g/mol. The lowest BCUT2D eigenvalue weighted by Crippen LogP contribution is -2.10. The van der Waals surface area contributed by atoms with Gasteiger partial charge in [0.25, 0.3) is 6.43 Å². The first-order valence-electron chi connectivity index (χ1n) is 5.64. The minimum Gasteiger partial charge on any atom is -0.481 e. The van der Waals surface area contributed by atoms with Gasteiger partial charge in [-0.15, -0.1) is 0 Å². The lowest BCUT2D eigenvalue weighted by atomic mass is 10.0. The minimum atomic E-state index is -2.91. The van der Waals surface area contributed by atoms with Gasteiger partial charge in [0.05, 0.1) is 0 Å². The molecule has 6 heteroatoms. The van der Waals surface area contributed by atoms with E-state index in [0.29, 0.717) is 6.07 Å². The molecule has 2 aromatic carbocycles. The average Bonchev–Trinajstić information content (AvgIpc) is 2.43. The molecule has 2 aromatic rings. The number of halogens is 5. The van der Waals surface area contributed by atoms with Gasteiger partial charge in [-0.05, 0) is 11.6 Å². The molecule has 0 radical (unpaired) electrons. The molecule has 0 bridgehead atoms. The van der Waals surface area contributed by atoms with Crippen LogP contribution in [0.5, 0.6) is 5.75 Å². The Hall–Kier alpha value is -2.11. The summed E-state index contributed by atoms with van der Waals surface area (Å²) >= 11 is 0. The van der Waals surface area contributed by atoms with E-state index in [1.165, 1.54) is 12.1 Å². The second-order valence-corrected chi connectivity index (χ2v) is 3.93. The molecule has 0 aromatic heterocycles. The van der Waals surface area contributed by atoms with E-state index >= 15 is 0 Å². The molecule has 0 saturated heterocycles. The Morgan fingerprint density at radius 3 is 2.20 bits per heavy atom. The summed E-state index contributed by atoms with van der Waals surface area (Å²) in [5.41, 5.74) is -0.0341. The SMILES string of the molecule is Fc1cc(-c2ccccc2)c(F)c(F)c1OCC(F)F. The first-order chi connectivity index (χ1) is 9.50. The summed E-state index contributed by atoms with van der Waals surface area (Å²) < 4.78 is 69.4. The molecule has 0 atom stereocenters. The monoisotopic (exact) mass is 288 g/mol. The topological polar surface area (TPSA) is 9.23 Å². The third-order valence-electron chi connectivity index (χ3n) is 2.55. The van der Waals surface area contributed by atoms with Crippen molar-refractivity contribution in [3.8, 4) is 16.9 Å². The number of rotatable bonds is 4. The maximum atomic E-state index is 13.8. The van der Waals surface area contributed by atoms with Crippen molar-refractivity contribution in [3.05, 3.63) is 53.8 Å². The molecule has 0 aliphatic heterocycles. The summed E-state index contributed by atoms with van der Waals surface area (Å²) in [6, 6.07) is 8.47. The van der Waals surface area contributed by atoms with Crippen LogP contribution in [0.1, 0.15) is 0 Å². The van der Waals surface area contributed by atoms with E-state index in [1.54, 1.807) is 18.2 Å². The smallest absolute Gasteiger partial charge is 0.272 e. The Bertz CT molecular complexity index is 598. The number of benzene rings is 2. The van der Waals surface area contributed by atoms with Gasteiger partial charge >= 0.3 is 0 Å². The Labute approximate surface area is 111 Å². The summed E-state index contributed by atoms with van der Waals surface area (Å²) in [5.74, 6) is -5.34. The standard InChI is InChI=1S/C14H9F5O/c15-10-6-9(8-4-2-1-3-5-8)12(18)13(19)14(10)20-7-11(16)17/h1-6,11H,7H2. The van der Waals surface area contributed by atoms with Gasteiger partial charge in [0.15, 0.2) is 17.4 Å². The number of ether oxygens (including phenoxy) is 1. The summed E-state index contributed by atoms with van der Waals surface area (Å²) in [4.78, 5) is 0. The maximum Gasteiger partial charge on any atom is 0.272 e. The zero-order chi connectivity index (χ0) is 14.7. The van der Waals surface area contributed by atoms with E-state index in [2.05, 4.69) is 4.74 Å². The van der Waals surface area contributed by atoms with Crippen LogP contribution in [0.2, 0.25) is 0 Å². The van der Waals surface area contributed by atoms with Gasteiger partial charge in [-0.1, -0.05) is 30.3 Å². The normalized spacial score (nSPS) is 10.9. The fourth-order valence-corrected chi connectivity index (χ4v) is 1.68. The van der Waals surface area contributed by atoms with E-state index in [-0.39, 0.29) is 11.1 Å². The molecule has 2 rings (SSSR count). The average molecular weight is 288 g/mol. The fourth-order valence-electron chi connectivity index (χ4n) is 1.68. The molecule has 0 unspecified atom stereocenters. The van der Waals surface area contributed by atoms with Gasteiger partial charge < -0.3 is 4.74 Å². The Kier molecular flexibility index (Phi) is 4.22. The number of hydrogen-bond donors (Lipinski definition) is 0. The van der Waals surface area contributed by atoms with Gasteiger partial charge in [0, 0.05) is 5.56 Å². The fraction of sp³-hybridized carbons (Fsp3) is 0.143. The Balaban J connectivity index is 2.44. The summed E-state index contributed by atoms with van der Waals surface area (Å²) in [6.07, 6.45) is -2.91. The van der Waals surface area contributed by atoms with Gasteiger partial charge in [-0.3, -0.25) is 0 Å². The van der Waals surface area contributed by atoms with Crippen molar-refractivity contribution in [2.75, 3.05) is 6.61 Å². The van der Waals surface area contributed by atoms with Crippen molar-refractivity contribution in [1.82, 2.24) is 0 Å². The van der Waals surface area contributed by atoms with Gasteiger partial charge in [-0.25, -0.2) is 17.6 Å². The lowest BCUT2D eigenvalue weighted by Gasteiger charge is -2.11. The summed E-state index contributed by atoms with van der Waals surface area (Å²) in [7, 11) is 0. The molecule has 0 saturated carbocycles. The summed E-state index contributed by atoms with van der Waals surface area (Å²) in [5, 5.41) is 0. The molecule has 0 heterocycles. The van der Waals surface area contributed by atoms with Crippen LogP contribution in [0, 0.1) is 17.5 Å². The zero-order valence-electron chi connectivity index (χ0n) is 10.0. The van der Waals surface area contributed by atoms with E-state index in [9.17, 15) is 22.0 Å². The highest BCUT2D eigenvalue weighted by molar-refractivity contribution is 5.65. The van der Waals surface area contributed by atoms with Crippen LogP contribution in [0.15, 0.2) is 36.4 Å². The van der Waals surface area contributed by atoms with E-state index in [4.69, 9.17) is 0 Å². The second kappa shape index (κ2) is 5.90. The molecule has 0 aliphatic carbocycles. The first kappa shape index (κ1) is 14.3. The quantitative estimate of drug-likeness (QED) is 0.598. The molecule has 0 amide bonds. The van der Waals surface area contributed by atoms with Gasteiger partial charge in [-0.2, -0.15) is 4.39 Å². The maximum absolute atomic E-state index is 13.8. The van der Waals surface area contributed by atoms with Crippen LogP contribution in [0.3, 0.4) is 0 Å². The van der Waals surface area contributed by atoms with Crippen molar-refractivity contribution < 1.29 is 26.7 Å². The van der Waals surface area contributed by atoms with Crippen LogP contribution in [0.4, 0.5) is 22.0 Å². The van der Waals surface area contributed by atoms with Crippen molar-refractivity contribution in [2.45, 2.75) is 6.43 Å². The van der Waals surface area contributed by atoms with Crippen LogP contribution < -0.4 is 4.74 Å². The molecule has 106 valence electrons. The number of alkyl halides is 2. The molecule has 0 aliphatic rings. The molecule has 20 heavy (non-hydrogen) atoms. The van der Waals surface area contributed by atoms with Gasteiger partial charge in [0.1, 0.15) is 6.61 Å². The minimum absolute atomic E-state index is 0.267. The molecule has 0 N–H and O–H groups in total. The zero-order valence-corrected chi connectivity index (χ0v) is 10.0. The van der Waals surface area contributed by atoms with Crippen molar-refractivity contribution >= 4 is 0 Å². The molecule has 1 nitrogen and oxygen atoms in total.